The standard InChI is InChI=1S/C18H29N3O.2ClH/c1-13-6-4-5-7-16(13)12-21-10-8-17(9-11-21)20-18(22)14(2)15(3)19;;/h4-7,14-15,17H,8-12,19H2,1-3H3,(H,20,22);2*1H. The Morgan fingerprint density at radius 2 is 1.83 bits per heavy atom. The number of nitrogens with two attached hydrogens (primary N) is 1. The molecule has 1 fully saturated rings. The maximum atomic E-state index is 12.1. The molecule has 0 spiro atoms. The molecule has 0 aromatic heterocycles. The van der Waals surface area contributed by atoms with Crippen LogP contribution in [0.3, 0.4) is 0 Å². The van der Waals surface area contributed by atoms with Crippen molar-refractivity contribution < 1.29 is 4.79 Å². The molecule has 1 amide bonds. The van der Waals surface area contributed by atoms with E-state index in [4.69, 9.17) is 5.73 Å². The first-order chi connectivity index (χ1) is 10.5. The molecule has 24 heavy (non-hydrogen) atoms. The molecule has 0 radical (unpaired) electrons. The third-order valence-electron chi connectivity index (χ3n) is 4.79. The maximum Gasteiger partial charge on any atom is 0.224 e. The van der Waals surface area contributed by atoms with Gasteiger partial charge in [-0.25, -0.2) is 0 Å². The van der Waals surface area contributed by atoms with Crippen molar-refractivity contribution in [2.45, 2.75) is 52.2 Å². The van der Waals surface area contributed by atoms with Crippen LogP contribution in [0.2, 0.25) is 0 Å². The van der Waals surface area contributed by atoms with Gasteiger partial charge >= 0.3 is 0 Å². The number of carbonyl (C=O) groups excluding carboxylic acids is 1. The molecule has 0 aliphatic carbocycles. The zero-order chi connectivity index (χ0) is 16.1. The summed E-state index contributed by atoms with van der Waals surface area (Å²) in [5.74, 6) is -0.0302. The van der Waals surface area contributed by atoms with Gasteiger partial charge in [-0.2, -0.15) is 0 Å². The molecule has 1 saturated heterocycles. The van der Waals surface area contributed by atoms with E-state index in [9.17, 15) is 4.79 Å². The van der Waals surface area contributed by atoms with E-state index in [0.29, 0.717) is 6.04 Å². The number of aryl methyl sites for hydroxylation is 1. The van der Waals surface area contributed by atoms with Crippen LogP contribution < -0.4 is 11.1 Å². The fraction of sp³-hybridized carbons (Fsp3) is 0.611. The fourth-order valence-electron chi connectivity index (χ4n) is 2.84. The number of hydrogen-bond donors (Lipinski definition) is 2. The minimum atomic E-state index is -0.120. The first kappa shape index (κ1) is 23.2. The molecule has 0 bridgehead atoms. The van der Waals surface area contributed by atoms with Crippen molar-refractivity contribution in [2.75, 3.05) is 13.1 Å². The van der Waals surface area contributed by atoms with Crippen molar-refractivity contribution >= 4 is 30.7 Å². The minimum absolute atomic E-state index is 0. The predicted molar refractivity (Wildman–Crippen MR) is 105 cm³/mol. The molecule has 0 saturated carbocycles. The third-order valence-corrected chi connectivity index (χ3v) is 4.79. The summed E-state index contributed by atoms with van der Waals surface area (Å²) < 4.78 is 0. The average Bonchev–Trinajstić information content (AvgIpc) is 2.50. The largest absolute Gasteiger partial charge is 0.353 e. The number of likely N-dealkylation sites (tertiary alicyclic amines) is 1. The van der Waals surface area contributed by atoms with Gasteiger partial charge in [0.05, 0.1) is 0 Å². The highest BCUT2D eigenvalue weighted by molar-refractivity contribution is 5.85. The SMILES string of the molecule is Cc1ccccc1CN1CCC(NC(=O)C(C)C(C)N)CC1.Cl.Cl. The third kappa shape index (κ3) is 6.60. The number of hydrogen-bond acceptors (Lipinski definition) is 3. The summed E-state index contributed by atoms with van der Waals surface area (Å²) in [7, 11) is 0. The van der Waals surface area contributed by atoms with Crippen molar-refractivity contribution in [1.29, 1.82) is 0 Å². The number of nitrogens with zero attached hydrogens (tertiary/aromatic N) is 1. The van der Waals surface area contributed by atoms with Crippen molar-refractivity contribution in [2.24, 2.45) is 11.7 Å². The van der Waals surface area contributed by atoms with Gasteiger partial charge < -0.3 is 11.1 Å². The molecule has 4 nitrogen and oxygen atoms in total. The summed E-state index contributed by atoms with van der Waals surface area (Å²) in [6.45, 7) is 9.02. The second kappa shape index (κ2) is 10.9. The van der Waals surface area contributed by atoms with Crippen molar-refractivity contribution in [3.63, 3.8) is 0 Å². The van der Waals surface area contributed by atoms with Crippen molar-refractivity contribution in [3.05, 3.63) is 35.4 Å². The average molecular weight is 376 g/mol. The summed E-state index contributed by atoms with van der Waals surface area (Å²) >= 11 is 0. The number of halogens is 2. The van der Waals surface area contributed by atoms with E-state index in [1.54, 1.807) is 0 Å². The van der Waals surface area contributed by atoms with Crippen LogP contribution in [0.1, 0.15) is 37.8 Å². The van der Waals surface area contributed by atoms with E-state index < -0.39 is 0 Å². The number of amides is 1. The molecular weight excluding hydrogens is 345 g/mol. The van der Waals surface area contributed by atoms with Crippen molar-refractivity contribution in [3.8, 4) is 0 Å². The lowest BCUT2D eigenvalue weighted by Crippen LogP contribution is -2.48. The molecule has 6 heteroatoms. The Balaban J connectivity index is 0.00000264. The summed E-state index contributed by atoms with van der Waals surface area (Å²) in [5.41, 5.74) is 8.54. The van der Waals surface area contributed by atoms with Gasteiger partial charge in [-0.3, -0.25) is 9.69 Å². The molecule has 2 rings (SSSR count). The first-order valence-corrected chi connectivity index (χ1v) is 8.30. The van der Waals surface area contributed by atoms with E-state index >= 15 is 0 Å². The zero-order valence-corrected chi connectivity index (χ0v) is 16.5. The lowest BCUT2D eigenvalue weighted by molar-refractivity contribution is -0.126. The summed E-state index contributed by atoms with van der Waals surface area (Å²) in [6, 6.07) is 8.75. The normalized spacial score (nSPS) is 18.0. The van der Waals surface area contributed by atoms with Crippen molar-refractivity contribution in [1.82, 2.24) is 10.2 Å². The molecule has 1 aliphatic heterocycles. The van der Waals surface area contributed by atoms with Crippen LogP contribution in [0.25, 0.3) is 0 Å². The quantitative estimate of drug-likeness (QED) is 0.831. The Morgan fingerprint density at radius 3 is 2.38 bits per heavy atom. The molecular formula is C18H31Cl2N3O. The Bertz CT molecular complexity index is 503. The predicted octanol–water partition coefficient (Wildman–Crippen LogP) is 2.90. The minimum Gasteiger partial charge on any atom is -0.353 e. The molecule has 1 aromatic rings. The molecule has 138 valence electrons. The van der Waals surface area contributed by atoms with Crippen LogP contribution in [0.5, 0.6) is 0 Å². The van der Waals surface area contributed by atoms with Gasteiger partial charge in [0.25, 0.3) is 0 Å². The van der Waals surface area contributed by atoms with Gasteiger partial charge in [0.15, 0.2) is 0 Å². The summed E-state index contributed by atoms with van der Waals surface area (Å²) in [4.78, 5) is 14.5. The summed E-state index contributed by atoms with van der Waals surface area (Å²) in [5, 5.41) is 3.15. The molecule has 1 aliphatic rings. The van der Waals surface area contributed by atoms with Gasteiger partial charge in [-0.15, -0.1) is 24.8 Å². The number of nitrogens with one attached hydrogen (secondary N) is 1. The number of benzene rings is 1. The Labute approximate surface area is 158 Å². The van der Waals surface area contributed by atoms with E-state index in [0.717, 1.165) is 32.5 Å². The lowest BCUT2D eigenvalue weighted by Gasteiger charge is -2.33. The van der Waals surface area contributed by atoms with Crippen LogP contribution >= 0.6 is 24.8 Å². The van der Waals surface area contributed by atoms with Crippen LogP contribution in [-0.4, -0.2) is 36.0 Å². The van der Waals surface area contributed by atoms with Gasteiger partial charge in [0.1, 0.15) is 0 Å². The Kier molecular flexibility index (Phi) is 10.6. The molecule has 1 aromatic carbocycles. The van der Waals surface area contributed by atoms with Gasteiger partial charge in [0.2, 0.25) is 5.91 Å². The number of piperidine rings is 1. The number of rotatable bonds is 5. The second-order valence-electron chi connectivity index (χ2n) is 6.63. The lowest BCUT2D eigenvalue weighted by atomic mass is 10.00. The van der Waals surface area contributed by atoms with Crippen LogP contribution in [0.15, 0.2) is 24.3 Å². The van der Waals surface area contributed by atoms with E-state index in [2.05, 4.69) is 41.4 Å². The monoisotopic (exact) mass is 375 g/mol. The van der Waals surface area contributed by atoms with Crippen LogP contribution in [0, 0.1) is 12.8 Å². The van der Waals surface area contributed by atoms with E-state index in [-0.39, 0.29) is 42.7 Å². The maximum absolute atomic E-state index is 12.1. The fourth-order valence-corrected chi connectivity index (χ4v) is 2.84. The Morgan fingerprint density at radius 1 is 1.25 bits per heavy atom. The van der Waals surface area contributed by atoms with E-state index in [1.165, 1.54) is 11.1 Å². The Hall–Kier alpha value is -0.810. The number of carbonyl (C=O) groups is 1. The molecule has 3 N–H and O–H groups in total. The van der Waals surface area contributed by atoms with Gasteiger partial charge in [-0.1, -0.05) is 31.2 Å². The van der Waals surface area contributed by atoms with Crippen LogP contribution in [0.4, 0.5) is 0 Å². The second-order valence-corrected chi connectivity index (χ2v) is 6.63. The van der Waals surface area contributed by atoms with Gasteiger partial charge in [0, 0.05) is 37.6 Å². The molecule has 2 atom stereocenters. The van der Waals surface area contributed by atoms with Crippen LogP contribution in [-0.2, 0) is 11.3 Å². The molecule has 2 unspecified atom stereocenters. The van der Waals surface area contributed by atoms with E-state index in [1.807, 2.05) is 13.8 Å². The highest BCUT2D eigenvalue weighted by Gasteiger charge is 2.24. The first-order valence-electron chi connectivity index (χ1n) is 8.30. The highest BCUT2D eigenvalue weighted by atomic mass is 35.5. The molecule has 1 heterocycles. The smallest absolute Gasteiger partial charge is 0.224 e. The zero-order valence-electron chi connectivity index (χ0n) is 14.8. The highest BCUT2D eigenvalue weighted by Crippen LogP contribution is 2.16. The van der Waals surface area contributed by atoms with Gasteiger partial charge in [-0.05, 0) is 37.8 Å². The topological polar surface area (TPSA) is 58.4 Å². The summed E-state index contributed by atoms with van der Waals surface area (Å²) in [6.07, 6.45) is 2.03.